The molecule has 0 radical (unpaired) electrons. The van der Waals surface area contributed by atoms with Gasteiger partial charge in [-0.05, 0) is 31.0 Å². The van der Waals surface area contributed by atoms with Crippen LogP contribution >= 0.6 is 0 Å². The molecule has 0 saturated carbocycles. The average molecular weight is 288 g/mol. The first-order valence-electron chi connectivity index (χ1n) is 8.90. The second-order valence-electron chi connectivity index (χ2n) is 6.40. The van der Waals surface area contributed by atoms with Crippen LogP contribution in [0, 0.1) is 0 Å². The second kappa shape index (κ2) is 9.09. The number of hydrogen-bond acceptors (Lipinski definition) is 2. The molecular weight excluding hydrogens is 256 g/mol. The van der Waals surface area contributed by atoms with Gasteiger partial charge in [-0.1, -0.05) is 63.6 Å². The fraction of sp³-hybridized carbons (Fsp3) is 0.684. The van der Waals surface area contributed by atoms with Crippen molar-refractivity contribution >= 4 is 5.69 Å². The molecule has 1 aromatic rings. The Labute approximate surface area is 130 Å². The van der Waals surface area contributed by atoms with E-state index < -0.39 is 0 Å². The van der Waals surface area contributed by atoms with Crippen molar-refractivity contribution in [1.82, 2.24) is 0 Å². The number of rotatable bonds is 10. The molecule has 0 bridgehead atoms. The Bertz CT molecular complexity index is 402. The summed E-state index contributed by atoms with van der Waals surface area (Å²) < 4.78 is 0. The van der Waals surface area contributed by atoms with Crippen molar-refractivity contribution in [2.45, 2.75) is 64.2 Å². The van der Waals surface area contributed by atoms with Crippen LogP contribution in [0.5, 0.6) is 0 Å². The van der Waals surface area contributed by atoms with Gasteiger partial charge in [-0.25, -0.2) is 0 Å². The Morgan fingerprint density at radius 3 is 2.52 bits per heavy atom. The first kappa shape index (κ1) is 16.4. The molecule has 0 amide bonds. The molecule has 2 rings (SSSR count). The number of nitrogens with two attached hydrogens (primary N) is 1. The number of unbranched alkanes of at least 4 members (excludes halogenated alkanes) is 6. The Morgan fingerprint density at radius 2 is 1.76 bits per heavy atom. The lowest BCUT2D eigenvalue weighted by molar-refractivity contribution is 0.576. The van der Waals surface area contributed by atoms with E-state index in [1.165, 1.54) is 69.3 Å². The summed E-state index contributed by atoms with van der Waals surface area (Å²) in [6.45, 7) is 5.46. The molecule has 0 aromatic heterocycles. The fourth-order valence-corrected chi connectivity index (χ4v) is 3.50. The first-order valence-corrected chi connectivity index (χ1v) is 8.90. The van der Waals surface area contributed by atoms with Crippen LogP contribution in [0.15, 0.2) is 24.3 Å². The maximum atomic E-state index is 5.77. The number of fused-ring (bicyclic) bond motifs is 1. The summed E-state index contributed by atoms with van der Waals surface area (Å²) in [5, 5.41) is 0. The third-order valence-electron chi connectivity index (χ3n) is 4.70. The predicted octanol–water partition coefficient (Wildman–Crippen LogP) is 4.69. The summed E-state index contributed by atoms with van der Waals surface area (Å²) in [5.41, 5.74) is 8.75. The highest BCUT2D eigenvalue weighted by Crippen LogP contribution is 2.37. The van der Waals surface area contributed by atoms with Crippen molar-refractivity contribution in [2.75, 3.05) is 24.5 Å². The van der Waals surface area contributed by atoms with Crippen LogP contribution in [-0.2, 0) is 0 Å². The zero-order chi connectivity index (χ0) is 14.9. The molecule has 2 nitrogen and oxygen atoms in total. The molecule has 118 valence electrons. The van der Waals surface area contributed by atoms with Crippen molar-refractivity contribution in [3.05, 3.63) is 29.8 Å². The Hall–Kier alpha value is -1.02. The van der Waals surface area contributed by atoms with Crippen LogP contribution in [0.4, 0.5) is 5.69 Å². The molecule has 21 heavy (non-hydrogen) atoms. The highest BCUT2D eigenvalue weighted by atomic mass is 15.2. The van der Waals surface area contributed by atoms with Crippen molar-refractivity contribution < 1.29 is 0 Å². The van der Waals surface area contributed by atoms with Crippen molar-refractivity contribution in [3.63, 3.8) is 0 Å². The van der Waals surface area contributed by atoms with Gasteiger partial charge in [0.1, 0.15) is 0 Å². The predicted molar refractivity (Wildman–Crippen MR) is 93.1 cm³/mol. The normalized spacial score (nSPS) is 17.2. The van der Waals surface area contributed by atoms with E-state index in [1.807, 2.05) is 0 Å². The molecule has 0 spiro atoms. The molecule has 1 atom stereocenters. The minimum absolute atomic E-state index is 0.649. The van der Waals surface area contributed by atoms with Crippen molar-refractivity contribution in [3.8, 4) is 0 Å². The minimum atomic E-state index is 0.649. The average Bonchev–Trinajstić information content (AvgIpc) is 2.85. The summed E-state index contributed by atoms with van der Waals surface area (Å²) in [7, 11) is 0. The highest BCUT2D eigenvalue weighted by Gasteiger charge is 2.26. The fourth-order valence-electron chi connectivity index (χ4n) is 3.50. The van der Waals surface area contributed by atoms with Gasteiger partial charge in [-0.3, -0.25) is 0 Å². The minimum Gasteiger partial charge on any atom is -0.371 e. The van der Waals surface area contributed by atoms with Gasteiger partial charge >= 0.3 is 0 Å². The third-order valence-corrected chi connectivity index (χ3v) is 4.70. The molecule has 1 aliphatic heterocycles. The van der Waals surface area contributed by atoms with Gasteiger partial charge in [0.25, 0.3) is 0 Å². The van der Waals surface area contributed by atoms with Crippen LogP contribution in [0.3, 0.4) is 0 Å². The lowest BCUT2D eigenvalue weighted by atomic mass is 9.98. The number of benzene rings is 1. The summed E-state index contributed by atoms with van der Waals surface area (Å²) >= 11 is 0. The molecule has 1 aromatic carbocycles. The number of anilines is 1. The molecule has 0 saturated heterocycles. The lowest BCUT2D eigenvalue weighted by Crippen LogP contribution is -2.23. The molecule has 2 N–H and O–H groups in total. The highest BCUT2D eigenvalue weighted by molar-refractivity contribution is 5.60. The van der Waals surface area contributed by atoms with Crippen molar-refractivity contribution in [1.29, 1.82) is 0 Å². The third kappa shape index (κ3) is 4.74. The maximum absolute atomic E-state index is 5.77. The van der Waals surface area contributed by atoms with Crippen LogP contribution in [0.2, 0.25) is 0 Å². The summed E-state index contributed by atoms with van der Waals surface area (Å²) in [5.74, 6) is 0.649. The van der Waals surface area contributed by atoms with Crippen LogP contribution in [0.25, 0.3) is 0 Å². The second-order valence-corrected chi connectivity index (χ2v) is 6.40. The maximum Gasteiger partial charge on any atom is 0.0402 e. The standard InChI is InChI=1S/C19H32N2/c1-2-3-4-5-6-7-10-15-21-16-17(13-14-20)18-11-8-9-12-19(18)21/h8-9,11-12,17H,2-7,10,13-16,20H2,1H3. The van der Waals surface area contributed by atoms with Gasteiger partial charge < -0.3 is 10.6 Å². The molecule has 1 unspecified atom stereocenters. The van der Waals surface area contributed by atoms with E-state index >= 15 is 0 Å². The largest absolute Gasteiger partial charge is 0.371 e. The lowest BCUT2D eigenvalue weighted by Gasteiger charge is -2.20. The Morgan fingerprint density at radius 1 is 1.05 bits per heavy atom. The monoisotopic (exact) mass is 288 g/mol. The van der Waals surface area contributed by atoms with E-state index in [4.69, 9.17) is 5.73 Å². The van der Waals surface area contributed by atoms with Gasteiger partial charge in [0.2, 0.25) is 0 Å². The summed E-state index contributed by atoms with van der Waals surface area (Å²) in [6, 6.07) is 8.91. The zero-order valence-corrected chi connectivity index (χ0v) is 13.7. The van der Waals surface area contributed by atoms with E-state index in [0.29, 0.717) is 5.92 Å². The van der Waals surface area contributed by atoms with Crippen molar-refractivity contribution in [2.24, 2.45) is 5.73 Å². The molecular formula is C19H32N2. The van der Waals surface area contributed by atoms with E-state index in [0.717, 1.165) is 13.0 Å². The van der Waals surface area contributed by atoms with Crippen LogP contribution in [0.1, 0.15) is 69.8 Å². The van der Waals surface area contributed by atoms with Gasteiger partial charge in [-0.15, -0.1) is 0 Å². The van der Waals surface area contributed by atoms with E-state index in [9.17, 15) is 0 Å². The van der Waals surface area contributed by atoms with Gasteiger partial charge in [0.15, 0.2) is 0 Å². The molecule has 0 fully saturated rings. The molecule has 2 heteroatoms. The summed E-state index contributed by atoms with van der Waals surface area (Å²) in [6.07, 6.45) is 10.8. The Balaban J connectivity index is 1.74. The van der Waals surface area contributed by atoms with E-state index in [-0.39, 0.29) is 0 Å². The molecule has 1 heterocycles. The number of hydrogen-bond donors (Lipinski definition) is 1. The van der Waals surface area contributed by atoms with E-state index in [1.54, 1.807) is 0 Å². The van der Waals surface area contributed by atoms with Gasteiger partial charge in [-0.2, -0.15) is 0 Å². The van der Waals surface area contributed by atoms with Gasteiger partial charge in [0.05, 0.1) is 0 Å². The topological polar surface area (TPSA) is 29.3 Å². The SMILES string of the molecule is CCCCCCCCCN1CC(CCN)c2ccccc21. The van der Waals surface area contributed by atoms with Gasteiger partial charge in [0, 0.05) is 24.7 Å². The molecule has 0 aliphatic carbocycles. The smallest absolute Gasteiger partial charge is 0.0402 e. The molecule has 1 aliphatic rings. The van der Waals surface area contributed by atoms with Crippen LogP contribution < -0.4 is 10.6 Å². The quantitative estimate of drug-likeness (QED) is 0.633. The van der Waals surface area contributed by atoms with Crippen LogP contribution in [-0.4, -0.2) is 19.6 Å². The first-order chi connectivity index (χ1) is 10.4. The van der Waals surface area contributed by atoms with E-state index in [2.05, 4.69) is 36.1 Å². The number of nitrogens with zero attached hydrogens (tertiary/aromatic N) is 1. The Kier molecular flexibility index (Phi) is 7.08. The summed E-state index contributed by atoms with van der Waals surface area (Å²) in [4.78, 5) is 2.59. The zero-order valence-electron chi connectivity index (χ0n) is 13.7. The number of para-hydroxylation sites is 1.